The summed E-state index contributed by atoms with van der Waals surface area (Å²) in [5.41, 5.74) is 0. The van der Waals surface area contributed by atoms with Crippen LogP contribution in [0.3, 0.4) is 0 Å². The van der Waals surface area contributed by atoms with Gasteiger partial charge in [0.05, 0.1) is 10.0 Å². The Morgan fingerprint density at radius 1 is 0.692 bits per heavy atom. The van der Waals surface area contributed by atoms with Gasteiger partial charge in [0.25, 0.3) is 0 Å². The van der Waals surface area contributed by atoms with Gasteiger partial charge >= 0.3 is 0 Å². The monoisotopic (exact) mass is 403 g/mol. The molecule has 0 unspecified atom stereocenters. The number of halogens is 2. The Kier molecular flexibility index (Phi) is 9.15. The summed E-state index contributed by atoms with van der Waals surface area (Å²) < 4.78 is 0. The third-order valence-electron chi connectivity index (χ3n) is 3.70. The highest BCUT2D eigenvalue weighted by atomic mass is 35.5. The van der Waals surface area contributed by atoms with E-state index in [-0.39, 0.29) is 0 Å². The minimum Gasteiger partial charge on any atom is -0.317 e. The highest BCUT2D eigenvalue weighted by Gasteiger charge is 2.19. The van der Waals surface area contributed by atoms with Gasteiger partial charge in [-0.15, -0.1) is 0 Å². The van der Waals surface area contributed by atoms with Gasteiger partial charge in [0.1, 0.15) is 0 Å². The molecule has 26 heavy (non-hydrogen) atoms. The van der Waals surface area contributed by atoms with E-state index in [9.17, 15) is 0 Å². The van der Waals surface area contributed by atoms with E-state index in [2.05, 4.69) is 73.8 Å². The van der Waals surface area contributed by atoms with Crippen molar-refractivity contribution >= 4 is 47.0 Å². The summed E-state index contributed by atoms with van der Waals surface area (Å²) in [5, 5.41) is 7.99. The molecule has 0 radical (unpaired) electrons. The van der Waals surface area contributed by atoms with Gasteiger partial charge in [-0.3, -0.25) is 0 Å². The lowest BCUT2D eigenvalue weighted by molar-refractivity contribution is 0.762. The number of hydrogen-bond donors (Lipinski definition) is 1. The summed E-state index contributed by atoms with van der Waals surface area (Å²) in [5.74, 6) is 0. The molecule has 3 rings (SSSR count). The molecule has 0 spiro atoms. The van der Waals surface area contributed by atoms with Gasteiger partial charge in [-0.05, 0) is 37.7 Å². The SMILES string of the molecule is CCNCC.Clc1cccc(P(c2ccccc2)c2ccccc2)c1Cl. The Labute approximate surface area is 168 Å². The third kappa shape index (κ3) is 5.83. The fourth-order valence-corrected chi connectivity index (χ4v) is 5.46. The molecule has 3 aromatic rings. The lowest BCUT2D eigenvalue weighted by atomic mass is 10.3. The van der Waals surface area contributed by atoms with Gasteiger partial charge in [-0.2, -0.15) is 0 Å². The minimum atomic E-state index is -0.699. The molecule has 0 aliphatic rings. The number of nitrogens with one attached hydrogen (secondary N) is 1. The van der Waals surface area contributed by atoms with Crippen LogP contribution in [0.1, 0.15) is 13.8 Å². The van der Waals surface area contributed by atoms with Gasteiger partial charge in [-0.1, -0.05) is 110 Å². The van der Waals surface area contributed by atoms with Crippen LogP contribution < -0.4 is 21.2 Å². The summed E-state index contributed by atoms with van der Waals surface area (Å²) in [6, 6.07) is 26.8. The molecule has 0 amide bonds. The van der Waals surface area contributed by atoms with Crippen LogP contribution in [-0.4, -0.2) is 13.1 Å². The van der Waals surface area contributed by atoms with E-state index in [1.165, 1.54) is 10.6 Å². The molecule has 0 fully saturated rings. The summed E-state index contributed by atoms with van der Waals surface area (Å²) in [4.78, 5) is 0. The van der Waals surface area contributed by atoms with Crippen molar-refractivity contribution in [3.8, 4) is 0 Å². The third-order valence-corrected chi connectivity index (χ3v) is 7.14. The topological polar surface area (TPSA) is 12.0 Å². The summed E-state index contributed by atoms with van der Waals surface area (Å²) in [6.45, 7) is 6.39. The maximum atomic E-state index is 6.47. The first-order valence-electron chi connectivity index (χ1n) is 8.74. The van der Waals surface area contributed by atoms with Crippen molar-refractivity contribution in [2.45, 2.75) is 13.8 Å². The first-order valence-corrected chi connectivity index (χ1v) is 10.8. The second-order valence-electron chi connectivity index (χ2n) is 5.54. The quantitative estimate of drug-likeness (QED) is 0.564. The van der Waals surface area contributed by atoms with Gasteiger partial charge in [0, 0.05) is 5.30 Å². The molecular weight excluding hydrogens is 380 g/mol. The minimum absolute atomic E-state index is 0.605. The van der Waals surface area contributed by atoms with Crippen LogP contribution in [0.5, 0.6) is 0 Å². The number of hydrogen-bond acceptors (Lipinski definition) is 1. The molecule has 0 saturated carbocycles. The van der Waals surface area contributed by atoms with Crippen molar-refractivity contribution in [2.75, 3.05) is 13.1 Å². The molecule has 136 valence electrons. The molecule has 0 atom stereocenters. The van der Waals surface area contributed by atoms with Crippen molar-refractivity contribution < 1.29 is 0 Å². The molecule has 0 aromatic heterocycles. The van der Waals surface area contributed by atoms with E-state index in [0.29, 0.717) is 10.0 Å². The van der Waals surface area contributed by atoms with E-state index < -0.39 is 7.92 Å². The zero-order valence-corrected chi connectivity index (χ0v) is 17.5. The normalized spacial score (nSPS) is 10.3. The Hall–Kier alpha value is -1.37. The van der Waals surface area contributed by atoms with Crippen molar-refractivity contribution in [3.05, 3.63) is 88.9 Å². The van der Waals surface area contributed by atoms with E-state index in [0.717, 1.165) is 18.4 Å². The first kappa shape index (κ1) is 20.9. The fraction of sp³-hybridized carbons (Fsp3) is 0.182. The van der Waals surface area contributed by atoms with Gasteiger partial charge in [0.2, 0.25) is 0 Å². The van der Waals surface area contributed by atoms with Crippen molar-refractivity contribution in [1.82, 2.24) is 5.32 Å². The average Bonchev–Trinajstić information content (AvgIpc) is 2.68. The second kappa shape index (κ2) is 11.4. The average molecular weight is 404 g/mol. The van der Waals surface area contributed by atoms with Gasteiger partial charge < -0.3 is 5.32 Å². The Bertz CT molecular complexity index is 737. The van der Waals surface area contributed by atoms with Crippen molar-refractivity contribution in [2.24, 2.45) is 0 Å². The van der Waals surface area contributed by atoms with Crippen LogP contribution in [0.25, 0.3) is 0 Å². The second-order valence-corrected chi connectivity index (χ2v) is 8.51. The molecule has 0 heterocycles. The fourth-order valence-electron chi connectivity index (χ4n) is 2.50. The maximum Gasteiger partial charge on any atom is 0.0675 e. The number of rotatable bonds is 5. The van der Waals surface area contributed by atoms with Crippen LogP contribution >= 0.6 is 31.1 Å². The molecule has 0 saturated heterocycles. The van der Waals surface area contributed by atoms with Crippen molar-refractivity contribution in [3.63, 3.8) is 0 Å². The van der Waals surface area contributed by atoms with Crippen LogP contribution in [0, 0.1) is 0 Å². The predicted molar refractivity (Wildman–Crippen MR) is 119 cm³/mol. The summed E-state index contributed by atoms with van der Waals surface area (Å²) in [6.07, 6.45) is 0. The molecule has 0 bridgehead atoms. The molecule has 1 N–H and O–H groups in total. The zero-order valence-electron chi connectivity index (χ0n) is 15.1. The highest BCUT2D eigenvalue weighted by Crippen LogP contribution is 2.37. The Balaban J connectivity index is 0.000000431. The van der Waals surface area contributed by atoms with Crippen LogP contribution in [0.15, 0.2) is 78.9 Å². The Morgan fingerprint density at radius 2 is 1.19 bits per heavy atom. The molecule has 1 nitrogen and oxygen atoms in total. The van der Waals surface area contributed by atoms with Crippen molar-refractivity contribution in [1.29, 1.82) is 0 Å². The smallest absolute Gasteiger partial charge is 0.0675 e. The molecule has 4 heteroatoms. The Morgan fingerprint density at radius 3 is 1.62 bits per heavy atom. The molecular formula is C22H24Cl2NP. The lowest BCUT2D eigenvalue weighted by Crippen LogP contribution is -2.21. The molecule has 0 aliphatic carbocycles. The first-order chi connectivity index (χ1) is 12.7. The van der Waals surface area contributed by atoms with Crippen LogP contribution in [0.2, 0.25) is 10.0 Å². The van der Waals surface area contributed by atoms with Gasteiger partial charge in [-0.25, -0.2) is 0 Å². The summed E-state index contributed by atoms with van der Waals surface area (Å²) >= 11 is 12.7. The standard InChI is InChI=1S/C18H13Cl2P.C4H11N/c19-16-12-7-13-17(18(16)20)21(14-8-3-1-4-9-14)15-10-5-2-6-11-15;1-3-5-4-2/h1-13H;5H,3-4H2,1-2H3. The highest BCUT2D eigenvalue weighted by molar-refractivity contribution is 7.80. The zero-order chi connectivity index (χ0) is 18.8. The van der Waals surface area contributed by atoms with E-state index in [4.69, 9.17) is 23.2 Å². The largest absolute Gasteiger partial charge is 0.317 e. The summed E-state index contributed by atoms with van der Waals surface area (Å²) in [7, 11) is -0.699. The van der Waals surface area contributed by atoms with Crippen LogP contribution in [-0.2, 0) is 0 Å². The van der Waals surface area contributed by atoms with Crippen LogP contribution in [0.4, 0.5) is 0 Å². The predicted octanol–water partition coefficient (Wildman–Crippen LogP) is 5.37. The number of benzene rings is 3. The molecule has 3 aromatic carbocycles. The van der Waals surface area contributed by atoms with E-state index in [1.54, 1.807) is 0 Å². The van der Waals surface area contributed by atoms with Gasteiger partial charge in [0.15, 0.2) is 0 Å². The molecule has 0 aliphatic heterocycles. The van der Waals surface area contributed by atoms with E-state index >= 15 is 0 Å². The van der Waals surface area contributed by atoms with E-state index in [1.807, 2.05) is 24.3 Å². The maximum absolute atomic E-state index is 6.47. The lowest BCUT2D eigenvalue weighted by Gasteiger charge is -2.20.